The van der Waals surface area contributed by atoms with Crippen LogP contribution in [0.15, 0.2) is 18.2 Å². The number of aliphatic carboxylic acids is 1. The lowest BCUT2D eigenvalue weighted by molar-refractivity contribution is -0.139. The Labute approximate surface area is 105 Å². The van der Waals surface area contributed by atoms with E-state index in [1.54, 1.807) is 18.2 Å². The summed E-state index contributed by atoms with van der Waals surface area (Å²) < 4.78 is 10.6. The fourth-order valence-corrected chi connectivity index (χ4v) is 1.27. The smallest absolute Gasteiger partial charge is 0.341 e. The van der Waals surface area contributed by atoms with Gasteiger partial charge in [0.25, 0.3) is 0 Å². The van der Waals surface area contributed by atoms with Crippen molar-refractivity contribution in [2.45, 2.75) is 13.8 Å². The van der Waals surface area contributed by atoms with E-state index in [0.29, 0.717) is 29.0 Å². The molecule has 0 spiro atoms. The molecule has 1 rings (SSSR count). The fraction of sp³-hybridized carbons (Fsp3) is 0.417. The Morgan fingerprint density at radius 3 is 2.65 bits per heavy atom. The molecule has 5 heteroatoms. The summed E-state index contributed by atoms with van der Waals surface area (Å²) in [5.74, 6) is 0.183. The second-order valence-corrected chi connectivity index (χ2v) is 4.41. The number of carboxylic acids is 1. The van der Waals surface area contributed by atoms with Gasteiger partial charge in [0.2, 0.25) is 0 Å². The van der Waals surface area contributed by atoms with Crippen molar-refractivity contribution >= 4 is 17.6 Å². The maximum atomic E-state index is 10.4. The summed E-state index contributed by atoms with van der Waals surface area (Å²) in [6.07, 6.45) is 0. The zero-order valence-corrected chi connectivity index (χ0v) is 10.5. The average molecular weight is 259 g/mol. The molecule has 0 radical (unpaired) electrons. The summed E-state index contributed by atoms with van der Waals surface area (Å²) in [7, 11) is 0. The number of carboxylic acid groups (broad SMARTS) is 1. The number of hydrogen-bond donors (Lipinski definition) is 1. The lowest BCUT2D eigenvalue weighted by atomic mass is 10.2. The molecule has 0 aliphatic rings. The van der Waals surface area contributed by atoms with Crippen LogP contribution in [0.3, 0.4) is 0 Å². The first kappa shape index (κ1) is 13.6. The molecule has 0 amide bonds. The molecule has 1 aromatic rings. The maximum absolute atomic E-state index is 10.4. The van der Waals surface area contributed by atoms with Gasteiger partial charge in [-0.15, -0.1) is 0 Å². The van der Waals surface area contributed by atoms with E-state index >= 15 is 0 Å². The second kappa shape index (κ2) is 6.35. The van der Waals surface area contributed by atoms with Crippen LogP contribution in [-0.4, -0.2) is 24.3 Å². The standard InChI is InChI=1S/C12H15ClO4/c1-8(2)6-16-10-4-3-9(13)5-11(10)17-7-12(14)15/h3-5,8H,6-7H2,1-2H3,(H,14,15). The lowest BCUT2D eigenvalue weighted by Crippen LogP contribution is -2.11. The van der Waals surface area contributed by atoms with Gasteiger partial charge < -0.3 is 14.6 Å². The Kier molecular flexibility index (Phi) is 5.10. The Hall–Kier alpha value is -1.42. The summed E-state index contributed by atoms with van der Waals surface area (Å²) in [5.41, 5.74) is 0. The summed E-state index contributed by atoms with van der Waals surface area (Å²) in [6, 6.07) is 4.88. The van der Waals surface area contributed by atoms with E-state index in [9.17, 15) is 4.79 Å². The molecule has 0 aromatic heterocycles. The Bertz CT molecular complexity index is 390. The molecule has 1 aromatic carbocycles. The van der Waals surface area contributed by atoms with E-state index in [4.69, 9.17) is 26.2 Å². The highest BCUT2D eigenvalue weighted by Crippen LogP contribution is 2.30. The third-order valence-electron chi connectivity index (χ3n) is 1.83. The van der Waals surface area contributed by atoms with E-state index in [-0.39, 0.29) is 0 Å². The van der Waals surface area contributed by atoms with Gasteiger partial charge in [-0.05, 0) is 18.1 Å². The first-order chi connectivity index (χ1) is 7.99. The van der Waals surface area contributed by atoms with Crippen molar-refractivity contribution in [3.63, 3.8) is 0 Å². The van der Waals surface area contributed by atoms with E-state index in [1.165, 1.54) is 0 Å². The van der Waals surface area contributed by atoms with Crippen molar-refractivity contribution < 1.29 is 19.4 Å². The quantitative estimate of drug-likeness (QED) is 0.852. The molecule has 4 nitrogen and oxygen atoms in total. The molecule has 0 aliphatic heterocycles. The highest BCUT2D eigenvalue weighted by molar-refractivity contribution is 6.30. The first-order valence-electron chi connectivity index (χ1n) is 5.26. The second-order valence-electron chi connectivity index (χ2n) is 3.98. The van der Waals surface area contributed by atoms with Gasteiger partial charge in [0.1, 0.15) is 0 Å². The van der Waals surface area contributed by atoms with Crippen molar-refractivity contribution in [2.75, 3.05) is 13.2 Å². The van der Waals surface area contributed by atoms with Crippen molar-refractivity contribution in [3.05, 3.63) is 23.2 Å². The number of ether oxygens (including phenoxy) is 2. The minimum atomic E-state index is -1.04. The van der Waals surface area contributed by atoms with E-state index in [2.05, 4.69) is 0 Å². The zero-order chi connectivity index (χ0) is 12.8. The van der Waals surface area contributed by atoms with Crippen LogP contribution >= 0.6 is 11.6 Å². The highest BCUT2D eigenvalue weighted by Gasteiger charge is 2.09. The molecule has 0 saturated heterocycles. The zero-order valence-electron chi connectivity index (χ0n) is 9.77. The molecule has 1 N–H and O–H groups in total. The normalized spacial score (nSPS) is 10.4. The minimum absolute atomic E-state index is 0.348. The maximum Gasteiger partial charge on any atom is 0.341 e. The number of carbonyl (C=O) groups is 1. The Morgan fingerprint density at radius 1 is 1.35 bits per heavy atom. The van der Waals surface area contributed by atoms with E-state index in [0.717, 1.165) is 0 Å². The molecule has 0 aliphatic carbocycles. The molecular formula is C12H15ClO4. The van der Waals surface area contributed by atoms with Crippen molar-refractivity contribution in [3.8, 4) is 11.5 Å². The summed E-state index contributed by atoms with van der Waals surface area (Å²) in [5, 5.41) is 9.03. The summed E-state index contributed by atoms with van der Waals surface area (Å²) >= 11 is 5.81. The molecule has 0 atom stereocenters. The molecule has 0 unspecified atom stereocenters. The number of benzene rings is 1. The van der Waals surface area contributed by atoms with Crippen molar-refractivity contribution in [1.82, 2.24) is 0 Å². The minimum Gasteiger partial charge on any atom is -0.489 e. The third-order valence-corrected chi connectivity index (χ3v) is 2.06. The SMILES string of the molecule is CC(C)COc1ccc(Cl)cc1OCC(=O)O. The summed E-state index contributed by atoms with van der Waals surface area (Å²) in [6.45, 7) is 4.16. The molecule has 0 bridgehead atoms. The van der Waals surface area contributed by atoms with Gasteiger partial charge in [0, 0.05) is 11.1 Å². The monoisotopic (exact) mass is 258 g/mol. The topological polar surface area (TPSA) is 55.8 Å². The van der Waals surface area contributed by atoms with Crippen LogP contribution in [0.4, 0.5) is 0 Å². The van der Waals surface area contributed by atoms with Gasteiger partial charge in [-0.2, -0.15) is 0 Å². The molecule has 0 saturated carbocycles. The predicted molar refractivity (Wildman–Crippen MR) is 64.9 cm³/mol. The molecule has 94 valence electrons. The van der Waals surface area contributed by atoms with Gasteiger partial charge in [-0.3, -0.25) is 0 Å². The molecular weight excluding hydrogens is 244 g/mol. The molecule has 0 heterocycles. The highest BCUT2D eigenvalue weighted by atomic mass is 35.5. The van der Waals surface area contributed by atoms with Crippen LogP contribution < -0.4 is 9.47 Å². The summed E-state index contributed by atoms with van der Waals surface area (Å²) in [4.78, 5) is 10.4. The lowest BCUT2D eigenvalue weighted by Gasteiger charge is -2.13. The first-order valence-corrected chi connectivity index (χ1v) is 5.63. The van der Waals surface area contributed by atoms with Crippen LogP contribution in [0.2, 0.25) is 5.02 Å². The van der Waals surface area contributed by atoms with E-state index < -0.39 is 12.6 Å². The van der Waals surface area contributed by atoms with Crippen LogP contribution in [0, 0.1) is 5.92 Å². The number of rotatable bonds is 6. The van der Waals surface area contributed by atoms with Crippen LogP contribution in [0.5, 0.6) is 11.5 Å². The average Bonchev–Trinajstić information content (AvgIpc) is 2.24. The predicted octanol–water partition coefficient (Wildman–Crippen LogP) is 2.84. The van der Waals surface area contributed by atoms with Gasteiger partial charge in [0.15, 0.2) is 18.1 Å². The van der Waals surface area contributed by atoms with Gasteiger partial charge in [-0.25, -0.2) is 4.79 Å². The Morgan fingerprint density at radius 2 is 2.06 bits per heavy atom. The largest absolute Gasteiger partial charge is 0.489 e. The molecule has 17 heavy (non-hydrogen) atoms. The van der Waals surface area contributed by atoms with Crippen molar-refractivity contribution in [1.29, 1.82) is 0 Å². The van der Waals surface area contributed by atoms with Crippen LogP contribution in [0.1, 0.15) is 13.8 Å². The van der Waals surface area contributed by atoms with Gasteiger partial charge in [0.05, 0.1) is 6.61 Å². The number of hydrogen-bond acceptors (Lipinski definition) is 3. The van der Waals surface area contributed by atoms with Crippen molar-refractivity contribution in [2.24, 2.45) is 5.92 Å². The molecule has 0 fully saturated rings. The fourth-order valence-electron chi connectivity index (χ4n) is 1.11. The number of halogens is 1. The van der Waals surface area contributed by atoms with Crippen LogP contribution in [0.25, 0.3) is 0 Å². The van der Waals surface area contributed by atoms with Crippen LogP contribution in [-0.2, 0) is 4.79 Å². The van der Waals surface area contributed by atoms with Gasteiger partial charge >= 0.3 is 5.97 Å². The van der Waals surface area contributed by atoms with Gasteiger partial charge in [-0.1, -0.05) is 25.4 Å². The Balaban J connectivity index is 2.76. The third kappa shape index (κ3) is 4.95. The van der Waals surface area contributed by atoms with E-state index in [1.807, 2.05) is 13.8 Å².